The van der Waals surface area contributed by atoms with Crippen LogP contribution in [0.25, 0.3) is 0 Å². The molecule has 1 atom stereocenters. The summed E-state index contributed by atoms with van der Waals surface area (Å²) in [6, 6.07) is 18.0. The number of hydrogen-bond acceptors (Lipinski definition) is 2. The Morgan fingerprint density at radius 2 is 1.77 bits per heavy atom. The van der Waals surface area contributed by atoms with Gasteiger partial charge in [-0.3, -0.25) is 4.79 Å². The van der Waals surface area contributed by atoms with Crippen LogP contribution >= 0.6 is 0 Å². The van der Waals surface area contributed by atoms with E-state index in [0.717, 1.165) is 24.2 Å². The highest BCUT2D eigenvalue weighted by Gasteiger charge is 2.12. The average molecular weight is 297 g/mol. The van der Waals surface area contributed by atoms with Gasteiger partial charge >= 0.3 is 0 Å². The maximum atomic E-state index is 12.1. The maximum absolute atomic E-state index is 12.1. The predicted octanol–water partition coefficient (Wildman–Crippen LogP) is 3.90. The lowest BCUT2D eigenvalue weighted by Crippen LogP contribution is -2.28. The van der Waals surface area contributed by atoms with Gasteiger partial charge < -0.3 is 10.1 Å². The van der Waals surface area contributed by atoms with Crippen molar-refractivity contribution >= 4 is 5.91 Å². The molecular weight excluding hydrogens is 274 g/mol. The van der Waals surface area contributed by atoms with Crippen molar-refractivity contribution in [2.24, 2.45) is 0 Å². The first-order valence-corrected chi connectivity index (χ1v) is 7.70. The summed E-state index contributed by atoms with van der Waals surface area (Å²) >= 11 is 0. The Hall–Kier alpha value is -2.29. The second-order valence-corrected chi connectivity index (χ2v) is 5.29. The fourth-order valence-corrected chi connectivity index (χ4v) is 2.43. The zero-order valence-electron chi connectivity index (χ0n) is 13.2. The van der Waals surface area contributed by atoms with Gasteiger partial charge in [0.05, 0.1) is 13.2 Å². The highest BCUT2D eigenvalue weighted by atomic mass is 16.5. The molecule has 0 radical (unpaired) electrons. The van der Waals surface area contributed by atoms with Gasteiger partial charge in [0.2, 0.25) is 5.91 Å². The number of carbonyl (C=O) groups is 1. The summed E-state index contributed by atoms with van der Waals surface area (Å²) in [5.41, 5.74) is 2.30. The monoisotopic (exact) mass is 297 g/mol. The number of hydrogen-bond donors (Lipinski definition) is 1. The zero-order chi connectivity index (χ0) is 15.8. The highest BCUT2D eigenvalue weighted by molar-refractivity contribution is 5.76. The third-order valence-electron chi connectivity index (χ3n) is 3.75. The van der Waals surface area contributed by atoms with Crippen LogP contribution in [0.15, 0.2) is 54.6 Å². The minimum Gasteiger partial charge on any atom is -0.497 e. The molecule has 2 aromatic rings. The van der Waals surface area contributed by atoms with Crippen LogP contribution < -0.4 is 10.1 Å². The molecular formula is C19H23NO2. The van der Waals surface area contributed by atoms with Gasteiger partial charge in [0, 0.05) is 6.42 Å². The lowest BCUT2D eigenvalue weighted by molar-refractivity contribution is -0.121. The van der Waals surface area contributed by atoms with Crippen molar-refractivity contribution in [2.45, 2.75) is 32.2 Å². The summed E-state index contributed by atoms with van der Waals surface area (Å²) < 4.78 is 5.16. The van der Waals surface area contributed by atoms with Gasteiger partial charge in [-0.15, -0.1) is 0 Å². The molecule has 0 fully saturated rings. The molecule has 116 valence electrons. The first-order valence-electron chi connectivity index (χ1n) is 7.70. The molecule has 3 nitrogen and oxygen atoms in total. The fraction of sp³-hybridized carbons (Fsp3) is 0.316. The van der Waals surface area contributed by atoms with Crippen molar-refractivity contribution < 1.29 is 9.53 Å². The quantitative estimate of drug-likeness (QED) is 0.842. The standard InChI is InChI=1S/C19H23NO2/c1-3-18(16-10-12-17(22-2)13-11-16)20-19(21)14-9-15-7-5-4-6-8-15/h4-8,10-13,18H,3,9,14H2,1-2H3,(H,20,21)/t18-/m1/s1. The van der Waals surface area contributed by atoms with Crippen LogP contribution in [-0.4, -0.2) is 13.0 Å². The van der Waals surface area contributed by atoms with Crippen molar-refractivity contribution in [2.75, 3.05) is 7.11 Å². The van der Waals surface area contributed by atoms with Crippen LogP contribution in [0, 0.1) is 0 Å². The van der Waals surface area contributed by atoms with E-state index in [9.17, 15) is 4.79 Å². The molecule has 22 heavy (non-hydrogen) atoms. The van der Waals surface area contributed by atoms with Crippen molar-refractivity contribution in [3.8, 4) is 5.75 Å². The largest absolute Gasteiger partial charge is 0.497 e. The Balaban J connectivity index is 1.90. The number of ether oxygens (including phenoxy) is 1. The molecule has 3 heteroatoms. The minimum atomic E-state index is 0.0502. The maximum Gasteiger partial charge on any atom is 0.220 e. The topological polar surface area (TPSA) is 38.3 Å². The molecule has 0 aromatic heterocycles. The van der Waals surface area contributed by atoms with Crippen LogP contribution in [0.3, 0.4) is 0 Å². The summed E-state index contributed by atoms with van der Waals surface area (Å²) in [5, 5.41) is 3.11. The molecule has 0 bridgehead atoms. The van der Waals surface area contributed by atoms with Crippen molar-refractivity contribution in [1.29, 1.82) is 0 Å². The number of aryl methyl sites for hydroxylation is 1. The Bertz CT molecular complexity index is 578. The smallest absolute Gasteiger partial charge is 0.220 e. The van der Waals surface area contributed by atoms with Crippen LogP contribution in [0.4, 0.5) is 0 Å². The highest BCUT2D eigenvalue weighted by Crippen LogP contribution is 2.20. The molecule has 1 N–H and O–H groups in total. The molecule has 1 amide bonds. The molecule has 0 aliphatic rings. The molecule has 0 heterocycles. The van der Waals surface area contributed by atoms with E-state index in [1.165, 1.54) is 5.56 Å². The molecule has 0 aliphatic carbocycles. The van der Waals surface area contributed by atoms with Crippen molar-refractivity contribution in [3.05, 3.63) is 65.7 Å². The van der Waals surface area contributed by atoms with Crippen LogP contribution in [0.5, 0.6) is 5.75 Å². The van der Waals surface area contributed by atoms with E-state index in [4.69, 9.17) is 4.74 Å². The second-order valence-electron chi connectivity index (χ2n) is 5.29. The molecule has 2 rings (SSSR count). The Morgan fingerprint density at radius 1 is 1.09 bits per heavy atom. The first kappa shape index (κ1) is 16.1. The summed E-state index contributed by atoms with van der Waals surface area (Å²) in [6.45, 7) is 2.08. The third kappa shape index (κ3) is 4.62. The van der Waals surface area contributed by atoms with Gasteiger partial charge in [-0.05, 0) is 36.1 Å². The number of rotatable bonds is 7. The van der Waals surface area contributed by atoms with Gasteiger partial charge in [0.25, 0.3) is 0 Å². The van der Waals surface area contributed by atoms with E-state index >= 15 is 0 Å². The van der Waals surface area contributed by atoms with Gasteiger partial charge in [-0.25, -0.2) is 0 Å². The Labute approximate surface area is 132 Å². The van der Waals surface area contributed by atoms with E-state index in [2.05, 4.69) is 12.2 Å². The average Bonchev–Trinajstić information content (AvgIpc) is 2.59. The van der Waals surface area contributed by atoms with Gasteiger partial charge in [0.1, 0.15) is 5.75 Å². The normalized spacial score (nSPS) is 11.7. The SMILES string of the molecule is CC[C@@H](NC(=O)CCc1ccccc1)c1ccc(OC)cc1. The minimum absolute atomic E-state index is 0.0502. The molecule has 0 aliphatic heterocycles. The lowest BCUT2D eigenvalue weighted by Gasteiger charge is -2.18. The first-order chi connectivity index (χ1) is 10.7. The lowest BCUT2D eigenvalue weighted by atomic mass is 10.0. The second kappa shape index (κ2) is 8.23. The number of carbonyl (C=O) groups excluding carboxylic acids is 1. The number of benzene rings is 2. The van der Waals surface area contributed by atoms with E-state index in [1.54, 1.807) is 7.11 Å². The molecule has 0 unspecified atom stereocenters. The van der Waals surface area contributed by atoms with E-state index in [1.807, 2.05) is 54.6 Å². The summed E-state index contributed by atoms with van der Waals surface area (Å²) in [7, 11) is 1.65. The van der Waals surface area contributed by atoms with E-state index in [-0.39, 0.29) is 11.9 Å². The number of nitrogens with one attached hydrogen (secondary N) is 1. The van der Waals surface area contributed by atoms with Crippen LogP contribution in [-0.2, 0) is 11.2 Å². The van der Waals surface area contributed by atoms with Crippen molar-refractivity contribution in [3.63, 3.8) is 0 Å². The zero-order valence-corrected chi connectivity index (χ0v) is 13.2. The Morgan fingerprint density at radius 3 is 2.36 bits per heavy atom. The predicted molar refractivity (Wildman–Crippen MR) is 88.9 cm³/mol. The molecule has 0 spiro atoms. The number of methoxy groups -OCH3 is 1. The van der Waals surface area contributed by atoms with Gasteiger partial charge in [-0.2, -0.15) is 0 Å². The van der Waals surface area contributed by atoms with Gasteiger partial charge in [-0.1, -0.05) is 49.4 Å². The van der Waals surface area contributed by atoms with Crippen molar-refractivity contribution in [1.82, 2.24) is 5.32 Å². The van der Waals surface area contributed by atoms with Gasteiger partial charge in [0.15, 0.2) is 0 Å². The van der Waals surface area contributed by atoms with Crippen LogP contribution in [0.1, 0.15) is 36.9 Å². The molecule has 2 aromatic carbocycles. The number of amides is 1. The molecule has 0 saturated heterocycles. The van der Waals surface area contributed by atoms with E-state index < -0.39 is 0 Å². The third-order valence-corrected chi connectivity index (χ3v) is 3.75. The Kier molecular flexibility index (Phi) is 6.01. The van der Waals surface area contributed by atoms with E-state index in [0.29, 0.717) is 6.42 Å². The molecule has 0 saturated carbocycles. The fourth-order valence-electron chi connectivity index (χ4n) is 2.43. The summed E-state index contributed by atoms with van der Waals surface area (Å²) in [4.78, 5) is 12.1. The summed E-state index contributed by atoms with van der Waals surface area (Å²) in [6.07, 6.45) is 2.14. The van der Waals surface area contributed by atoms with Crippen LogP contribution in [0.2, 0.25) is 0 Å². The summed E-state index contributed by atoms with van der Waals surface area (Å²) in [5.74, 6) is 0.917.